The smallest absolute Gasteiger partial charge is 0.280 e. The van der Waals surface area contributed by atoms with Gasteiger partial charge in [0.1, 0.15) is 0 Å². The van der Waals surface area contributed by atoms with E-state index in [0.717, 1.165) is 18.5 Å². The number of fused-ring (bicyclic) bond motifs is 1. The first-order chi connectivity index (χ1) is 12.1. The molecule has 25 heavy (non-hydrogen) atoms. The van der Waals surface area contributed by atoms with Gasteiger partial charge in [-0.1, -0.05) is 30.0 Å². The Balaban J connectivity index is 1.57. The van der Waals surface area contributed by atoms with Crippen molar-refractivity contribution in [2.45, 2.75) is 12.8 Å². The van der Waals surface area contributed by atoms with E-state index in [1.807, 2.05) is 11.1 Å². The summed E-state index contributed by atoms with van der Waals surface area (Å²) in [6.07, 6.45) is 4.23. The van der Waals surface area contributed by atoms with Crippen molar-refractivity contribution in [1.29, 1.82) is 0 Å². The quantitative estimate of drug-likeness (QED) is 0.584. The van der Waals surface area contributed by atoms with E-state index in [0.29, 0.717) is 35.5 Å². The van der Waals surface area contributed by atoms with Crippen LogP contribution in [-0.4, -0.2) is 60.1 Å². The summed E-state index contributed by atoms with van der Waals surface area (Å²) >= 11 is 6.83. The van der Waals surface area contributed by atoms with Crippen molar-refractivity contribution in [2.75, 3.05) is 44.8 Å². The molecule has 3 aliphatic rings. The number of carbonyl (C=O) groups excluding carboxylic acids is 1. The lowest BCUT2D eigenvalue weighted by Gasteiger charge is -2.33. The van der Waals surface area contributed by atoms with Gasteiger partial charge in [0.2, 0.25) is 0 Å². The molecule has 0 aliphatic carbocycles. The van der Waals surface area contributed by atoms with Gasteiger partial charge in [-0.3, -0.25) is 4.79 Å². The van der Waals surface area contributed by atoms with E-state index < -0.39 is 0 Å². The molecule has 0 atom stereocenters. The Kier molecular flexibility index (Phi) is 4.82. The molecule has 0 aromatic heterocycles. The van der Waals surface area contributed by atoms with E-state index in [2.05, 4.69) is 30.1 Å². The number of benzene rings is 1. The lowest BCUT2D eigenvalue weighted by molar-refractivity contribution is -0.138. The summed E-state index contributed by atoms with van der Waals surface area (Å²) in [4.78, 5) is 15.8. The van der Waals surface area contributed by atoms with Gasteiger partial charge in [0.25, 0.3) is 5.91 Å². The molecule has 3 aliphatic heterocycles. The van der Waals surface area contributed by atoms with Crippen LogP contribution in [0.25, 0.3) is 6.08 Å². The van der Waals surface area contributed by atoms with Crippen LogP contribution in [0.1, 0.15) is 17.5 Å². The lowest BCUT2D eigenvalue weighted by atomic mass is 9.99. The zero-order chi connectivity index (χ0) is 17.4. The summed E-state index contributed by atoms with van der Waals surface area (Å²) in [7, 11) is 2.13. The van der Waals surface area contributed by atoms with Crippen molar-refractivity contribution in [3.8, 4) is 0 Å². The summed E-state index contributed by atoms with van der Waals surface area (Å²) in [6, 6.07) is 6.44. The second kappa shape index (κ2) is 7.07. The minimum absolute atomic E-state index is 0.0215. The van der Waals surface area contributed by atoms with Crippen molar-refractivity contribution in [2.24, 2.45) is 0 Å². The van der Waals surface area contributed by atoms with Crippen molar-refractivity contribution >= 4 is 46.0 Å². The molecule has 2 saturated heterocycles. The molecule has 4 rings (SSSR count). The van der Waals surface area contributed by atoms with E-state index in [9.17, 15) is 4.79 Å². The van der Waals surface area contributed by atoms with Gasteiger partial charge < -0.3 is 9.64 Å². The highest BCUT2D eigenvalue weighted by molar-refractivity contribution is 8.26. The molecule has 0 N–H and O–H groups in total. The Morgan fingerprint density at radius 1 is 1.24 bits per heavy atom. The number of thiocarbonyl (C=S) groups is 1. The van der Waals surface area contributed by atoms with Gasteiger partial charge in [0.05, 0.1) is 18.1 Å². The van der Waals surface area contributed by atoms with Gasteiger partial charge in [-0.05, 0) is 42.2 Å². The summed E-state index contributed by atoms with van der Waals surface area (Å²) in [5.74, 6) is -0.0215. The molecule has 5 nitrogen and oxygen atoms in total. The molecule has 0 unspecified atom stereocenters. The standard InChI is InChI=1S/C18H21N3O2S2/c1-19-6-2-3-14-11-13(4-5-15(14)19)12-16-17(22)21(18(24)25-16)20-7-9-23-10-8-20/h4-5,11-12H,2-3,6-10H2,1H3/b16-12-. The molecule has 2 fully saturated rings. The van der Waals surface area contributed by atoms with Crippen LogP contribution in [0.2, 0.25) is 0 Å². The van der Waals surface area contributed by atoms with Crippen LogP contribution < -0.4 is 4.90 Å². The number of morpholine rings is 1. The topological polar surface area (TPSA) is 36.0 Å². The van der Waals surface area contributed by atoms with Crippen LogP contribution in [0, 0.1) is 0 Å². The average molecular weight is 376 g/mol. The van der Waals surface area contributed by atoms with E-state index in [1.54, 1.807) is 5.01 Å². The Morgan fingerprint density at radius 2 is 2.04 bits per heavy atom. The zero-order valence-corrected chi connectivity index (χ0v) is 15.9. The molecule has 0 bridgehead atoms. The van der Waals surface area contributed by atoms with Crippen LogP contribution >= 0.6 is 24.0 Å². The third kappa shape index (κ3) is 3.33. The third-order valence-corrected chi connectivity index (χ3v) is 6.08. The largest absolute Gasteiger partial charge is 0.379 e. The molecule has 1 aromatic carbocycles. The van der Waals surface area contributed by atoms with Gasteiger partial charge in [-0.25, -0.2) is 10.0 Å². The second-order valence-electron chi connectivity index (χ2n) is 6.47. The number of nitrogens with zero attached hydrogens (tertiary/aromatic N) is 3. The third-order valence-electron chi connectivity index (χ3n) is 4.80. The van der Waals surface area contributed by atoms with Crippen LogP contribution in [0.3, 0.4) is 0 Å². The number of aryl methyl sites for hydroxylation is 1. The lowest BCUT2D eigenvalue weighted by Crippen LogP contribution is -2.50. The highest BCUT2D eigenvalue weighted by Crippen LogP contribution is 2.35. The van der Waals surface area contributed by atoms with Crippen molar-refractivity contribution in [3.05, 3.63) is 34.2 Å². The first-order valence-corrected chi connectivity index (χ1v) is 9.80. The molecule has 3 heterocycles. The van der Waals surface area contributed by atoms with Gasteiger partial charge >= 0.3 is 0 Å². The fourth-order valence-corrected chi connectivity index (χ4v) is 4.81. The number of hydrazine groups is 1. The van der Waals surface area contributed by atoms with Gasteiger partial charge in [-0.15, -0.1) is 0 Å². The zero-order valence-electron chi connectivity index (χ0n) is 14.2. The maximum absolute atomic E-state index is 12.8. The summed E-state index contributed by atoms with van der Waals surface area (Å²) in [6.45, 7) is 3.77. The van der Waals surface area contributed by atoms with Crippen LogP contribution in [0.4, 0.5) is 5.69 Å². The van der Waals surface area contributed by atoms with Crippen molar-refractivity contribution in [1.82, 2.24) is 10.0 Å². The van der Waals surface area contributed by atoms with Gasteiger partial charge in [0.15, 0.2) is 4.32 Å². The molecule has 0 spiro atoms. The molecular formula is C18H21N3O2S2. The molecule has 7 heteroatoms. The second-order valence-corrected chi connectivity index (χ2v) is 8.15. The van der Waals surface area contributed by atoms with Crippen LogP contribution in [0.5, 0.6) is 0 Å². The average Bonchev–Trinajstić information content (AvgIpc) is 2.89. The Hall–Kier alpha value is -1.41. The number of amides is 1. The Bertz CT molecular complexity index is 744. The fourth-order valence-electron chi connectivity index (χ4n) is 3.50. The SMILES string of the molecule is CN1CCCc2cc(/C=C3\SC(=S)N(N4CCOCC4)C3=O)ccc21. The molecule has 1 aromatic rings. The van der Waals surface area contributed by atoms with E-state index >= 15 is 0 Å². The van der Waals surface area contributed by atoms with E-state index in [1.165, 1.54) is 29.4 Å². The Labute approximate surface area is 157 Å². The predicted octanol–water partition coefficient (Wildman–Crippen LogP) is 2.52. The number of thioether (sulfide) groups is 1. The number of rotatable bonds is 2. The highest BCUT2D eigenvalue weighted by atomic mass is 32.2. The summed E-state index contributed by atoms with van der Waals surface area (Å²) < 4.78 is 5.97. The maximum Gasteiger partial charge on any atom is 0.280 e. The molecule has 1 amide bonds. The number of carbonyl (C=O) groups is 1. The number of hydrogen-bond donors (Lipinski definition) is 0. The summed E-state index contributed by atoms with van der Waals surface area (Å²) in [5, 5.41) is 3.63. The van der Waals surface area contributed by atoms with Crippen LogP contribution in [-0.2, 0) is 16.0 Å². The normalized spacial score (nSPS) is 23.5. The maximum atomic E-state index is 12.8. The van der Waals surface area contributed by atoms with Gasteiger partial charge in [-0.2, -0.15) is 0 Å². The molecular weight excluding hydrogens is 354 g/mol. The molecule has 132 valence electrons. The van der Waals surface area contributed by atoms with E-state index in [4.69, 9.17) is 17.0 Å². The number of hydrogen-bond acceptors (Lipinski definition) is 6. The minimum Gasteiger partial charge on any atom is -0.379 e. The van der Waals surface area contributed by atoms with E-state index in [-0.39, 0.29) is 5.91 Å². The molecule has 0 saturated carbocycles. The van der Waals surface area contributed by atoms with Crippen molar-refractivity contribution in [3.63, 3.8) is 0 Å². The van der Waals surface area contributed by atoms with Crippen LogP contribution in [0.15, 0.2) is 23.1 Å². The number of anilines is 1. The fraction of sp³-hybridized carbons (Fsp3) is 0.444. The first kappa shape index (κ1) is 17.0. The number of ether oxygens (including phenoxy) is 1. The first-order valence-electron chi connectivity index (χ1n) is 8.58. The van der Waals surface area contributed by atoms with Crippen molar-refractivity contribution < 1.29 is 9.53 Å². The molecule has 0 radical (unpaired) electrons. The minimum atomic E-state index is -0.0215. The highest BCUT2D eigenvalue weighted by Gasteiger charge is 2.36. The monoisotopic (exact) mass is 375 g/mol. The van der Waals surface area contributed by atoms with Gasteiger partial charge in [0, 0.05) is 32.4 Å². The summed E-state index contributed by atoms with van der Waals surface area (Å²) in [5.41, 5.74) is 3.71. The Morgan fingerprint density at radius 3 is 2.84 bits per heavy atom. The predicted molar refractivity (Wildman–Crippen MR) is 105 cm³/mol.